The average Bonchev–Trinajstić information content (AvgIpc) is 3.24. The van der Waals surface area contributed by atoms with E-state index in [1.807, 2.05) is 6.92 Å². The van der Waals surface area contributed by atoms with Crippen molar-refractivity contribution < 1.29 is 28.6 Å². The van der Waals surface area contributed by atoms with Gasteiger partial charge in [0.1, 0.15) is 11.4 Å². The van der Waals surface area contributed by atoms with E-state index in [0.717, 1.165) is 0 Å². The molecule has 0 saturated carbocycles. The number of halogens is 2. The summed E-state index contributed by atoms with van der Waals surface area (Å²) in [6.07, 6.45) is -0.269. The molecule has 8 nitrogen and oxygen atoms in total. The molecule has 186 valence electrons. The molecule has 3 aliphatic heterocycles. The molecular formula is C24H31ClFN3O5. The first-order valence-corrected chi connectivity index (χ1v) is 12.1. The largest absolute Gasteiger partial charge is 0.465 e. The van der Waals surface area contributed by atoms with Crippen molar-refractivity contribution in [1.82, 2.24) is 15.1 Å². The third kappa shape index (κ3) is 4.07. The minimum atomic E-state index is -1.37. The van der Waals surface area contributed by atoms with Gasteiger partial charge in [0.25, 0.3) is 0 Å². The van der Waals surface area contributed by atoms with Gasteiger partial charge >= 0.3 is 6.09 Å². The molecule has 0 spiro atoms. The van der Waals surface area contributed by atoms with Crippen molar-refractivity contribution in [2.45, 2.75) is 38.1 Å². The first-order valence-electron chi connectivity index (χ1n) is 11.7. The topological polar surface area (TPSA) is 99.2 Å². The van der Waals surface area contributed by atoms with Gasteiger partial charge in [-0.05, 0) is 44.4 Å². The van der Waals surface area contributed by atoms with Crippen molar-refractivity contribution in [1.29, 1.82) is 0 Å². The normalized spacial score (nSPS) is 26.7. The summed E-state index contributed by atoms with van der Waals surface area (Å²) in [6.45, 7) is 5.88. The predicted molar refractivity (Wildman–Crippen MR) is 123 cm³/mol. The Morgan fingerprint density at radius 2 is 1.97 bits per heavy atom. The molecule has 4 rings (SSSR count). The number of ketones is 1. The van der Waals surface area contributed by atoms with Gasteiger partial charge in [-0.25, -0.2) is 9.18 Å². The summed E-state index contributed by atoms with van der Waals surface area (Å²) in [5, 5.41) is 13.2. The Morgan fingerprint density at radius 1 is 1.29 bits per heavy atom. The molecule has 1 aromatic carbocycles. The fraction of sp³-hybridized carbons (Fsp3) is 0.625. The van der Waals surface area contributed by atoms with Crippen LogP contribution in [0.4, 0.5) is 9.18 Å². The van der Waals surface area contributed by atoms with E-state index < -0.39 is 34.7 Å². The second-order valence-corrected chi connectivity index (χ2v) is 10.2. The molecule has 10 heteroatoms. The number of Topliss-reactive ketones (excluding diaryl/α,β-unsaturated/α-hetero) is 1. The maximum Gasteiger partial charge on any atom is 0.408 e. The molecule has 1 aromatic rings. The molecule has 0 bridgehead atoms. The lowest BCUT2D eigenvalue weighted by atomic mass is 9.71. The molecular weight excluding hydrogens is 465 g/mol. The van der Waals surface area contributed by atoms with E-state index in [0.29, 0.717) is 51.3 Å². The molecule has 2 N–H and O–H groups in total. The highest BCUT2D eigenvalue weighted by Crippen LogP contribution is 2.42. The van der Waals surface area contributed by atoms with Crippen LogP contribution in [0.1, 0.15) is 38.2 Å². The number of piperidine rings is 1. The number of carbonyl (C=O) groups excluding carboxylic acids is 2. The van der Waals surface area contributed by atoms with Crippen LogP contribution in [0.5, 0.6) is 0 Å². The Balaban J connectivity index is 1.61. The van der Waals surface area contributed by atoms with E-state index in [9.17, 15) is 23.9 Å². The number of benzene rings is 1. The van der Waals surface area contributed by atoms with Crippen LogP contribution in [0.2, 0.25) is 5.02 Å². The molecule has 0 radical (unpaired) electrons. The van der Waals surface area contributed by atoms with Gasteiger partial charge in [-0.15, -0.1) is 0 Å². The number of nitrogens with one attached hydrogen (secondary N) is 1. The van der Waals surface area contributed by atoms with Crippen LogP contribution in [0, 0.1) is 17.2 Å². The number of likely N-dealkylation sites (tertiary alicyclic amines) is 1. The van der Waals surface area contributed by atoms with Crippen LogP contribution in [0.3, 0.4) is 0 Å². The Labute approximate surface area is 203 Å². The number of ether oxygens (including phenoxy) is 1. The zero-order chi connectivity index (χ0) is 24.7. The third-order valence-electron chi connectivity index (χ3n) is 7.63. The lowest BCUT2D eigenvalue weighted by Gasteiger charge is -2.46. The minimum Gasteiger partial charge on any atom is -0.465 e. The Hall–Kier alpha value is -2.23. The monoisotopic (exact) mass is 495 g/mol. The van der Waals surface area contributed by atoms with E-state index in [2.05, 4.69) is 5.32 Å². The van der Waals surface area contributed by atoms with Gasteiger partial charge in [0.05, 0.1) is 23.7 Å². The van der Waals surface area contributed by atoms with Crippen molar-refractivity contribution in [3.05, 3.63) is 34.6 Å². The first-order chi connectivity index (χ1) is 16.1. The summed E-state index contributed by atoms with van der Waals surface area (Å²) in [5.74, 6) is -1.70. The quantitative estimate of drug-likeness (QED) is 0.629. The number of carbonyl (C=O) groups is 3. The van der Waals surface area contributed by atoms with Gasteiger partial charge in [-0.2, -0.15) is 0 Å². The smallest absolute Gasteiger partial charge is 0.408 e. The highest BCUT2D eigenvalue weighted by molar-refractivity contribution is 6.30. The van der Waals surface area contributed by atoms with Gasteiger partial charge in [0.15, 0.2) is 5.78 Å². The van der Waals surface area contributed by atoms with E-state index >= 15 is 0 Å². The van der Waals surface area contributed by atoms with Crippen LogP contribution >= 0.6 is 11.6 Å². The van der Waals surface area contributed by atoms with Crippen LogP contribution in [0.25, 0.3) is 0 Å². The Morgan fingerprint density at radius 3 is 2.50 bits per heavy atom. The molecule has 34 heavy (non-hydrogen) atoms. The summed E-state index contributed by atoms with van der Waals surface area (Å²) >= 11 is 5.87. The van der Waals surface area contributed by atoms with E-state index in [-0.39, 0.29) is 29.8 Å². The number of likely N-dealkylation sites (N-methyl/N-ethyl adjacent to an activating group) is 1. The van der Waals surface area contributed by atoms with Gasteiger partial charge in [-0.3, -0.25) is 14.5 Å². The predicted octanol–water partition coefficient (Wildman–Crippen LogP) is 2.75. The number of rotatable bonds is 6. The van der Waals surface area contributed by atoms with Crippen LogP contribution in [-0.4, -0.2) is 84.2 Å². The molecule has 3 fully saturated rings. The molecule has 3 aliphatic rings. The second-order valence-electron chi connectivity index (χ2n) is 9.79. The first kappa shape index (κ1) is 24.9. The van der Waals surface area contributed by atoms with Crippen molar-refractivity contribution >= 4 is 29.4 Å². The highest BCUT2D eigenvalue weighted by atomic mass is 35.5. The van der Waals surface area contributed by atoms with Gasteiger partial charge < -0.3 is 20.1 Å². The summed E-state index contributed by atoms with van der Waals surface area (Å²) in [7, 11) is 0. The number of amides is 2. The standard InChI is InChI=1S/C24H31ClFN3O5/c1-3-29(22(32)33)24(12-27-11-17(24)16-4-5-18(25)19(26)10-16)20(30)15-6-8-28(9-7-15)21(31)23(2)13-34-14-23/h4-5,10,15,17,27H,3,6-9,11-14H2,1-2H3,(H,32,33)/t17-,24+/m0/s1. The summed E-state index contributed by atoms with van der Waals surface area (Å²) < 4.78 is 19.5. The molecule has 2 amide bonds. The Bertz CT molecular complexity index is 979. The average molecular weight is 496 g/mol. The third-order valence-corrected chi connectivity index (χ3v) is 7.94. The van der Waals surface area contributed by atoms with Crippen molar-refractivity contribution in [3.8, 4) is 0 Å². The number of hydrogen-bond acceptors (Lipinski definition) is 5. The number of nitrogens with zero attached hydrogens (tertiary/aromatic N) is 2. The van der Waals surface area contributed by atoms with E-state index in [1.54, 1.807) is 17.9 Å². The highest BCUT2D eigenvalue weighted by Gasteiger charge is 2.57. The van der Waals surface area contributed by atoms with Crippen molar-refractivity contribution in [3.63, 3.8) is 0 Å². The SMILES string of the molecule is CCN(C(=O)O)[C@]1(C(=O)C2CCN(C(=O)C3(C)COC3)CC2)CNC[C@H]1c1ccc(Cl)c(F)c1. The molecule has 0 aromatic heterocycles. The summed E-state index contributed by atoms with van der Waals surface area (Å²) in [6, 6.07) is 4.38. The number of hydrogen-bond donors (Lipinski definition) is 2. The summed E-state index contributed by atoms with van der Waals surface area (Å²) in [4.78, 5) is 42.2. The van der Waals surface area contributed by atoms with Crippen LogP contribution in [-0.2, 0) is 14.3 Å². The molecule has 0 aliphatic carbocycles. The molecule has 3 heterocycles. The summed E-state index contributed by atoms with van der Waals surface area (Å²) in [5.41, 5.74) is -1.34. The van der Waals surface area contributed by atoms with Crippen molar-refractivity contribution in [2.24, 2.45) is 11.3 Å². The zero-order valence-corrected chi connectivity index (χ0v) is 20.2. The number of carboxylic acid groups (broad SMARTS) is 1. The fourth-order valence-corrected chi connectivity index (χ4v) is 5.81. The maximum atomic E-state index is 14.3. The van der Waals surface area contributed by atoms with E-state index in [4.69, 9.17) is 16.3 Å². The lowest BCUT2D eigenvalue weighted by molar-refractivity contribution is -0.170. The van der Waals surface area contributed by atoms with Crippen LogP contribution < -0.4 is 5.32 Å². The molecule has 0 unspecified atom stereocenters. The Kier molecular flexibility index (Phi) is 6.90. The van der Waals surface area contributed by atoms with Gasteiger partial charge in [-0.1, -0.05) is 17.7 Å². The minimum absolute atomic E-state index is 0.0280. The van der Waals surface area contributed by atoms with Crippen molar-refractivity contribution in [2.75, 3.05) is 45.9 Å². The molecule has 2 atom stereocenters. The second kappa shape index (κ2) is 9.43. The fourth-order valence-electron chi connectivity index (χ4n) is 5.70. The zero-order valence-electron chi connectivity index (χ0n) is 19.5. The van der Waals surface area contributed by atoms with Crippen LogP contribution in [0.15, 0.2) is 18.2 Å². The lowest BCUT2D eigenvalue weighted by Crippen LogP contribution is -2.63. The molecule has 3 saturated heterocycles. The maximum absolute atomic E-state index is 14.3. The van der Waals surface area contributed by atoms with Gasteiger partial charge in [0, 0.05) is 44.6 Å². The van der Waals surface area contributed by atoms with Gasteiger partial charge in [0.2, 0.25) is 5.91 Å². The van der Waals surface area contributed by atoms with E-state index in [1.165, 1.54) is 17.0 Å².